The number of halogens is 2. The Hall–Kier alpha value is -1.22. The molecule has 1 saturated heterocycles. The zero-order chi connectivity index (χ0) is 16.5. The van der Waals surface area contributed by atoms with Crippen LogP contribution in [0.3, 0.4) is 0 Å². The molecule has 24 heavy (non-hydrogen) atoms. The van der Waals surface area contributed by atoms with Gasteiger partial charge in [-0.1, -0.05) is 30.3 Å². The third-order valence-corrected chi connectivity index (χ3v) is 5.70. The van der Waals surface area contributed by atoms with Crippen molar-refractivity contribution in [3.8, 4) is 5.82 Å². The van der Waals surface area contributed by atoms with Crippen molar-refractivity contribution in [3.63, 3.8) is 0 Å². The van der Waals surface area contributed by atoms with Crippen LogP contribution in [0.5, 0.6) is 0 Å². The summed E-state index contributed by atoms with van der Waals surface area (Å²) in [4.78, 5) is 11.3. The van der Waals surface area contributed by atoms with Crippen molar-refractivity contribution in [2.75, 3.05) is 24.6 Å². The fourth-order valence-corrected chi connectivity index (χ4v) is 4.62. The van der Waals surface area contributed by atoms with Gasteiger partial charge in [0, 0.05) is 18.1 Å². The minimum absolute atomic E-state index is 0.0847. The molecule has 8 heteroatoms. The molecule has 0 radical (unpaired) electrons. The van der Waals surface area contributed by atoms with Crippen molar-refractivity contribution >= 4 is 48.3 Å². The van der Waals surface area contributed by atoms with Gasteiger partial charge in [0.15, 0.2) is 15.7 Å². The van der Waals surface area contributed by atoms with Gasteiger partial charge in [-0.05, 0) is 37.4 Å². The van der Waals surface area contributed by atoms with Gasteiger partial charge in [0.2, 0.25) is 0 Å². The number of ether oxygens (including phenoxy) is 1. The minimum Gasteiger partial charge on any atom is -0.370 e. The number of benzene rings is 1. The van der Waals surface area contributed by atoms with Gasteiger partial charge in [0.1, 0.15) is 10.7 Å². The Labute approximate surface area is 160 Å². The molecule has 0 saturated carbocycles. The normalized spacial score (nSPS) is 18.1. The van der Waals surface area contributed by atoms with Gasteiger partial charge in [-0.2, -0.15) is 0 Å². The summed E-state index contributed by atoms with van der Waals surface area (Å²) in [5, 5.41) is 3.05. The van der Waals surface area contributed by atoms with Crippen LogP contribution in [0.1, 0.15) is 11.7 Å². The predicted octanol–water partition coefficient (Wildman–Crippen LogP) is 4.43. The first kappa shape index (κ1) is 16.3. The molecular weight excluding hydrogens is 456 g/mol. The molecule has 0 N–H and O–H groups in total. The molecule has 5 nitrogen and oxygen atoms in total. The van der Waals surface area contributed by atoms with E-state index >= 15 is 0 Å². The number of imidazole rings is 1. The number of nitrogens with zero attached hydrogens (tertiary/aromatic N) is 4. The Kier molecular flexibility index (Phi) is 4.71. The Bertz CT molecular complexity index is 836. The second kappa shape index (κ2) is 6.95. The summed E-state index contributed by atoms with van der Waals surface area (Å²) in [5.41, 5.74) is 1.21. The fraction of sp³-hybridized carbons (Fsp3) is 0.250. The van der Waals surface area contributed by atoms with Crippen LogP contribution in [0.25, 0.3) is 5.82 Å². The Balaban J connectivity index is 1.55. The minimum atomic E-state index is 0.0847. The van der Waals surface area contributed by atoms with E-state index < -0.39 is 0 Å². The van der Waals surface area contributed by atoms with Crippen molar-refractivity contribution in [2.24, 2.45) is 0 Å². The Morgan fingerprint density at radius 2 is 2.00 bits per heavy atom. The SMILES string of the molecule is Brc1cn(-c2csc(N3CCOC(c4ccccc4)C3)n2)c(Br)n1. The van der Waals surface area contributed by atoms with Crippen molar-refractivity contribution in [2.45, 2.75) is 6.10 Å². The number of hydrogen-bond donors (Lipinski definition) is 0. The second-order valence-corrected chi connectivity index (χ2v) is 7.77. The number of aromatic nitrogens is 3. The van der Waals surface area contributed by atoms with Crippen LogP contribution in [-0.2, 0) is 4.74 Å². The highest BCUT2D eigenvalue weighted by molar-refractivity contribution is 9.11. The molecule has 0 aliphatic carbocycles. The van der Waals surface area contributed by atoms with Gasteiger partial charge in [0.05, 0.1) is 13.2 Å². The number of anilines is 1. The van der Waals surface area contributed by atoms with E-state index in [0.29, 0.717) is 6.61 Å². The van der Waals surface area contributed by atoms with Gasteiger partial charge in [0.25, 0.3) is 0 Å². The zero-order valence-electron chi connectivity index (χ0n) is 12.6. The highest BCUT2D eigenvalue weighted by Gasteiger charge is 2.24. The molecule has 1 atom stereocenters. The van der Waals surface area contributed by atoms with E-state index in [1.165, 1.54) is 5.56 Å². The summed E-state index contributed by atoms with van der Waals surface area (Å²) in [7, 11) is 0. The van der Waals surface area contributed by atoms with Crippen molar-refractivity contribution < 1.29 is 4.74 Å². The lowest BCUT2D eigenvalue weighted by molar-refractivity contribution is 0.0398. The van der Waals surface area contributed by atoms with E-state index in [1.807, 2.05) is 34.3 Å². The number of morpholine rings is 1. The maximum Gasteiger partial charge on any atom is 0.187 e. The standard InChI is InChI=1S/C16H14Br2N4OS/c17-13-9-22(15(18)19-13)14-10-24-16(20-14)21-6-7-23-12(8-21)11-4-2-1-3-5-11/h1-5,9-10,12H,6-8H2. The molecule has 3 aromatic rings. The average Bonchev–Trinajstić information content (AvgIpc) is 3.22. The highest BCUT2D eigenvalue weighted by Crippen LogP contribution is 2.30. The molecule has 2 aromatic heterocycles. The third kappa shape index (κ3) is 3.28. The number of thiazole rings is 1. The lowest BCUT2D eigenvalue weighted by atomic mass is 10.1. The van der Waals surface area contributed by atoms with E-state index in [0.717, 1.165) is 33.4 Å². The maximum absolute atomic E-state index is 5.94. The quantitative estimate of drug-likeness (QED) is 0.569. The topological polar surface area (TPSA) is 43.2 Å². The van der Waals surface area contributed by atoms with Crippen LogP contribution in [0.4, 0.5) is 5.13 Å². The molecule has 1 fully saturated rings. The third-order valence-electron chi connectivity index (χ3n) is 3.87. The summed E-state index contributed by atoms with van der Waals surface area (Å²) in [6.07, 6.45) is 1.98. The molecule has 124 valence electrons. The van der Waals surface area contributed by atoms with Gasteiger partial charge in [-0.25, -0.2) is 9.97 Å². The van der Waals surface area contributed by atoms with Crippen LogP contribution >= 0.6 is 43.2 Å². The second-order valence-electron chi connectivity index (χ2n) is 5.41. The van der Waals surface area contributed by atoms with E-state index in [2.05, 4.69) is 53.9 Å². The summed E-state index contributed by atoms with van der Waals surface area (Å²) < 4.78 is 9.36. The molecule has 1 aliphatic heterocycles. The van der Waals surface area contributed by atoms with E-state index in [1.54, 1.807) is 11.3 Å². The maximum atomic E-state index is 5.94. The smallest absolute Gasteiger partial charge is 0.187 e. The van der Waals surface area contributed by atoms with Gasteiger partial charge in [-0.3, -0.25) is 4.57 Å². The summed E-state index contributed by atoms with van der Waals surface area (Å²) in [6, 6.07) is 10.3. The van der Waals surface area contributed by atoms with Crippen LogP contribution < -0.4 is 4.90 Å². The summed E-state index contributed by atoms with van der Waals surface area (Å²) >= 11 is 8.48. The van der Waals surface area contributed by atoms with Crippen molar-refractivity contribution in [1.29, 1.82) is 0 Å². The predicted molar refractivity (Wildman–Crippen MR) is 102 cm³/mol. The molecule has 0 bridgehead atoms. The largest absolute Gasteiger partial charge is 0.370 e. The molecule has 0 spiro atoms. The molecule has 4 rings (SSSR count). The molecular formula is C16H14Br2N4OS. The number of rotatable bonds is 3. The van der Waals surface area contributed by atoms with E-state index in [9.17, 15) is 0 Å². The first-order chi connectivity index (χ1) is 11.7. The van der Waals surface area contributed by atoms with Crippen LogP contribution in [0, 0.1) is 0 Å². The van der Waals surface area contributed by atoms with Crippen LogP contribution in [0.15, 0.2) is 51.2 Å². The average molecular weight is 470 g/mol. The lowest BCUT2D eigenvalue weighted by Gasteiger charge is -2.32. The van der Waals surface area contributed by atoms with Crippen molar-refractivity contribution in [1.82, 2.24) is 14.5 Å². The summed E-state index contributed by atoms with van der Waals surface area (Å²) in [5.74, 6) is 0.864. The zero-order valence-corrected chi connectivity index (χ0v) is 16.6. The monoisotopic (exact) mass is 468 g/mol. The van der Waals surface area contributed by atoms with Crippen LogP contribution in [-0.4, -0.2) is 34.2 Å². The van der Waals surface area contributed by atoms with Crippen LogP contribution in [0.2, 0.25) is 0 Å². The first-order valence-electron chi connectivity index (χ1n) is 7.48. The lowest BCUT2D eigenvalue weighted by Crippen LogP contribution is -2.38. The van der Waals surface area contributed by atoms with Gasteiger partial charge in [-0.15, -0.1) is 11.3 Å². The first-order valence-corrected chi connectivity index (χ1v) is 9.95. The van der Waals surface area contributed by atoms with E-state index in [-0.39, 0.29) is 6.10 Å². The summed E-state index contributed by atoms with van der Waals surface area (Å²) in [6.45, 7) is 2.37. The Morgan fingerprint density at radius 3 is 2.75 bits per heavy atom. The molecule has 3 heterocycles. The van der Waals surface area contributed by atoms with E-state index in [4.69, 9.17) is 9.72 Å². The van der Waals surface area contributed by atoms with Gasteiger partial charge >= 0.3 is 0 Å². The van der Waals surface area contributed by atoms with Crippen molar-refractivity contribution in [3.05, 3.63) is 56.8 Å². The van der Waals surface area contributed by atoms with Gasteiger partial charge < -0.3 is 9.64 Å². The number of hydrogen-bond acceptors (Lipinski definition) is 5. The molecule has 1 unspecified atom stereocenters. The molecule has 1 aliphatic rings. The molecule has 1 aromatic carbocycles. The Morgan fingerprint density at radius 1 is 1.17 bits per heavy atom. The fourth-order valence-electron chi connectivity index (χ4n) is 2.70. The molecule has 0 amide bonds. The highest BCUT2D eigenvalue weighted by atomic mass is 79.9.